The smallest absolute Gasteiger partial charge is 1.00 e. The van der Waals surface area contributed by atoms with Gasteiger partial charge >= 0.3 is 83.3 Å². The fraction of sp³-hybridized carbons (Fsp3) is 0.250. The number of hydrogen-bond acceptors (Lipinski definition) is 3. The number of benzene rings is 1. The molecule has 14 heavy (non-hydrogen) atoms. The SMILES string of the molecule is COc1ccc([O][Ti+2])c(OC)c1.[Cl-].[Cl-]. The van der Waals surface area contributed by atoms with E-state index >= 15 is 0 Å². The Morgan fingerprint density at radius 3 is 2.07 bits per heavy atom. The van der Waals surface area contributed by atoms with Gasteiger partial charge in [-0.2, -0.15) is 0 Å². The van der Waals surface area contributed by atoms with E-state index in [-0.39, 0.29) is 24.8 Å². The van der Waals surface area contributed by atoms with E-state index in [1.165, 1.54) is 0 Å². The first kappa shape index (κ1) is 16.3. The molecular formula is C8H9Cl2O3Ti. The fourth-order valence-electron chi connectivity index (χ4n) is 0.859. The van der Waals surface area contributed by atoms with Gasteiger partial charge in [0.1, 0.15) is 0 Å². The Hall–Kier alpha value is -0.0857. The van der Waals surface area contributed by atoms with Gasteiger partial charge in [0.25, 0.3) is 0 Å². The van der Waals surface area contributed by atoms with E-state index in [2.05, 4.69) is 0 Å². The molecule has 0 fully saturated rings. The van der Waals surface area contributed by atoms with E-state index in [0.29, 0.717) is 11.5 Å². The molecule has 0 bridgehead atoms. The van der Waals surface area contributed by atoms with Gasteiger partial charge in [0.15, 0.2) is 0 Å². The number of hydrogen-bond donors (Lipinski definition) is 0. The van der Waals surface area contributed by atoms with Crippen LogP contribution in [0.3, 0.4) is 0 Å². The number of rotatable bonds is 3. The molecule has 0 saturated carbocycles. The van der Waals surface area contributed by atoms with E-state index < -0.39 is 0 Å². The van der Waals surface area contributed by atoms with Gasteiger partial charge in [-0.3, -0.25) is 0 Å². The van der Waals surface area contributed by atoms with Crippen molar-refractivity contribution in [2.45, 2.75) is 0 Å². The zero-order chi connectivity index (χ0) is 8.97. The maximum absolute atomic E-state index is 5.07. The van der Waals surface area contributed by atoms with Crippen LogP contribution >= 0.6 is 0 Å². The summed E-state index contributed by atoms with van der Waals surface area (Å²) >= 11 is 1.60. The second-order valence-electron chi connectivity index (χ2n) is 2.12. The molecule has 0 unspecified atom stereocenters. The van der Waals surface area contributed by atoms with E-state index in [1.807, 2.05) is 6.07 Å². The van der Waals surface area contributed by atoms with Crippen molar-refractivity contribution in [3.8, 4) is 17.2 Å². The van der Waals surface area contributed by atoms with Crippen molar-refractivity contribution in [1.29, 1.82) is 0 Å². The summed E-state index contributed by atoms with van der Waals surface area (Å²) in [4.78, 5) is 0. The third-order valence-electron chi connectivity index (χ3n) is 1.48. The van der Waals surface area contributed by atoms with Crippen molar-refractivity contribution < 1.29 is 58.4 Å². The molecule has 0 spiro atoms. The molecule has 0 aromatic heterocycles. The monoisotopic (exact) mass is 271 g/mol. The van der Waals surface area contributed by atoms with Crippen LogP contribution in [0.25, 0.3) is 0 Å². The predicted octanol–water partition coefficient (Wildman–Crippen LogP) is -4.45. The molecule has 0 amide bonds. The van der Waals surface area contributed by atoms with Gasteiger partial charge in [0.2, 0.25) is 0 Å². The van der Waals surface area contributed by atoms with E-state index in [9.17, 15) is 0 Å². The van der Waals surface area contributed by atoms with Gasteiger partial charge in [-0.1, -0.05) is 0 Å². The number of methoxy groups -OCH3 is 2. The minimum absolute atomic E-state index is 0. The molecule has 0 aliphatic heterocycles. The van der Waals surface area contributed by atoms with E-state index in [0.717, 1.165) is 5.75 Å². The summed E-state index contributed by atoms with van der Waals surface area (Å²) in [5.74, 6) is 2.14. The molecule has 3 nitrogen and oxygen atoms in total. The molecule has 0 atom stereocenters. The number of ether oxygens (including phenoxy) is 2. The van der Waals surface area contributed by atoms with Crippen molar-refractivity contribution in [1.82, 2.24) is 0 Å². The summed E-state index contributed by atoms with van der Waals surface area (Å²) in [6.07, 6.45) is 0. The molecule has 0 N–H and O–H groups in total. The van der Waals surface area contributed by atoms with Crippen molar-refractivity contribution >= 4 is 0 Å². The molecule has 6 heteroatoms. The second-order valence-corrected chi connectivity index (χ2v) is 2.44. The minimum atomic E-state index is 0. The maximum atomic E-state index is 5.07. The summed E-state index contributed by atoms with van der Waals surface area (Å²) in [5, 5.41) is 0. The zero-order valence-electron chi connectivity index (χ0n) is 7.71. The van der Waals surface area contributed by atoms with Crippen molar-refractivity contribution in [3.63, 3.8) is 0 Å². The van der Waals surface area contributed by atoms with Crippen molar-refractivity contribution in [2.75, 3.05) is 14.2 Å². The third-order valence-corrected chi connectivity index (χ3v) is 1.82. The van der Waals surface area contributed by atoms with Crippen LogP contribution < -0.4 is 37.6 Å². The predicted molar refractivity (Wildman–Crippen MR) is 40.2 cm³/mol. The quantitative estimate of drug-likeness (QED) is 0.520. The standard InChI is InChI=1S/C8H10O3.2ClH.Ti/c1-10-6-3-4-7(9)8(5-6)11-2;;;/h3-5,9H,1-2H3;2*1H;/q;;;+3/p-3. The minimum Gasteiger partial charge on any atom is -1.00 e. The number of halogens is 2. The molecule has 77 valence electrons. The van der Waals surface area contributed by atoms with Gasteiger partial charge < -0.3 is 24.8 Å². The summed E-state index contributed by atoms with van der Waals surface area (Å²) in [5.41, 5.74) is 0. The Balaban J connectivity index is 0. The fourth-order valence-corrected chi connectivity index (χ4v) is 1.12. The summed E-state index contributed by atoms with van der Waals surface area (Å²) in [6.45, 7) is 0. The average molecular weight is 272 g/mol. The first-order valence-corrected chi connectivity index (χ1v) is 4.01. The normalized spacial score (nSPS) is 8.00. The molecular weight excluding hydrogens is 263 g/mol. The van der Waals surface area contributed by atoms with Crippen LogP contribution in [0, 0.1) is 0 Å². The Labute approximate surface area is 108 Å². The molecule has 1 aromatic carbocycles. The zero-order valence-corrected chi connectivity index (χ0v) is 10.8. The van der Waals surface area contributed by atoms with Gasteiger partial charge in [0.05, 0.1) is 0 Å². The first-order chi connectivity index (χ1) is 5.81. The van der Waals surface area contributed by atoms with Crippen molar-refractivity contribution in [2.24, 2.45) is 0 Å². The third kappa shape index (κ3) is 3.97. The van der Waals surface area contributed by atoms with Crippen LogP contribution in [0.5, 0.6) is 17.2 Å². The van der Waals surface area contributed by atoms with Crippen LogP contribution in [0.2, 0.25) is 0 Å². The van der Waals surface area contributed by atoms with Gasteiger partial charge in [0, 0.05) is 0 Å². The Bertz CT molecular complexity index is 271. The molecule has 1 rings (SSSR count). The largest absolute Gasteiger partial charge is 1.00 e. The van der Waals surface area contributed by atoms with E-state index in [4.69, 9.17) is 12.8 Å². The van der Waals surface area contributed by atoms with Gasteiger partial charge in [-0.25, -0.2) is 0 Å². The van der Waals surface area contributed by atoms with Gasteiger partial charge in [-0.15, -0.1) is 0 Å². The van der Waals surface area contributed by atoms with Crippen LogP contribution in [-0.2, 0) is 20.8 Å². The van der Waals surface area contributed by atoms with Crippen molar-refractivity contribution in [3.05, 3.63) is 18.2 Å². The molecule has 0 saturated heterocycles. The Morgan fingerprint density at radius 2 is 1.64 bits per heavy atom. The van der Waals surface area contributed by atoms with Crippen LogP contribution in [0.4, 0.5) is 0 Å². The molecule has 0 heterocycles. The van der Waals surface area contributed by atoms with Crippen LogP contribution in [0.15, 0.2) is 18.2 Å². The maximum Gasteiger partial charge on any atom is -1.00 e. The van der Waals surface area contributed by atoms with E-state index in [1.54, 1.807) is 47.2 Å². The van der Waals surface area contributed by atoms with Gasteiger partial charge in [-0.05, 0) is 0 Å². The average Bonchev–Trinajstić information content (AvgIpc) is 2.16. The van der Waals surface area contributed by atoms with Crippen LogP contribution in [-0.4, -0.2) is 14.2 Å². The summed E-state index contributed by atoms with van der Waals surface area (Å²) in [7, 11) is 3.21. The summed E-state index contributed by atoms with van der Waals surface area (Å²) < 4.78 is 15.1. The molecule has 0 radical (unpaired) electrons. The second kappa shape index (κ2) is 8.24. The first-order valence-electron chi connectivity index (χ1n) is 3.37. The Kier molecular flexibility index (Phi) is 9.62. The summed E-state index contributed by atoms with van der Waals surface area (Å²) in [6, 6.07) is 5.40. The molecule has 0 aliphatic carbocycles. The topological polar surface area (TPSA) is 27.7 Å². The molecule has 0 aliphatic rings. The molecule has 1 aromatic rings. The Morgan fingerprint density at radius 1 is 1.00 bits per heavy atom. The van der Waals surface area contributed by atoms with Crippen LogP contribution in [0.1, 0.15) is 0 Å².